The Labute approximate surface area is 81.7 Å². The van der Waals surface area contributed by atoms with Gasteiger partial charge in [-0.2, -0.15) is 0 Å². The summed E-state index contributed by atoms with van der Waals surface area (Å²) >= 11 is 0. The number of aliphatic carboxylic acids is 1. The monoisotopic (exact) mass is 199 g/mol. The lowest BCUT2D eigenvalue weighted by Crippen LogP contribution is -2.19. The van der Waals surface area contributed by atoms with E-state index in [0.717, 1.165) is 11.5 Å². The summed E-state index contributed by atoms with van der Waals surface area (Å²) < 4.78 is 10.2. The van der Waals surface area contributed by atoms with Crippen molar-refractivity contribution in [2.45, 2.75) is 33.5 Å². The van der Waals surface area contributed by atoms with Crippen LogP contribution in [0.2, 0.25) is 0 Å². The highest BCUT2D eigenvalue weighted by Gasteiger charge is 2.13. The molecule has 1 rings (SSSR count). The Hall–Kier alpha value is -1.36. The van der Waals surface area contributed by atoms with Crippen molar-refractivity contribution in [1.29, 1.82) is 0 Å². The first kappa shape index (κ1) is 10.7. The molecule has 1 atom stereocenters. The number of aryl methyl sites for hydroxylation is 2. The van der Waals surface area contributed by atoms with E-state index in [9.17, 15) is 4.79 Å². The van der Waals surface area contributed by atoms with Gasteiger partial charge in [0.1, 0.15) is 12.4 Å². The minimum atomic E-state index is -0.995. The highest BCUT2D eigenvalue weighted by atomic mass is 16.5. The predicted molar refractivity (Wildman–Crippen MR) is 47.9 cm³/mol. The van der Waals surface area contributed by atoms with Crippen LogP contribution in [0.5, 0.6) is 0 Å². The second-order valence-electron chi connectivity index (χ2n) is 3.04. The summed E-state index contributed by atoms with van der Waals surface area (Å²) in [6, 6.07) is 0. The van der Waals surface area contributed by atoms with Gasteiger partial charge >= 0.3 is 5.97 Å². The number of carboxylic acids is 1. The fourth-order valence-electron chi connectivity index (χ4n) is 0.868. The molecule has 5 heteroatoms. The smallest absolute Gasteiger partial charge is 0.332 e. The van der Waals surface area contributed by atoms with Crippen molar-refractivity contribution in [3.8, 4) is 0 Å². The topological polar surface area (TPSA) is 72.6 Å². The quantitative estimate of drug-likeness (QED) is 0.790. The maximum Gasteiger partial charge on any atom is 0.332 e. The van der Waals surface area contributed by atoms with E-state index in [2.05, 4.69) is 4.98 Å². The van der Waals surface area contributed by atoms with Gasteiger partial charge in [0.25, 0.3) is 0 Å². The third-order valence-corrected chi connectivity index (χ3v) is 1.88. The minimum Gasteiger partial charge on any atom is -0.479 e. The lowest BCUT2D eigenvalue weighted by molar-refractivity contribution is -0.150. The van der Waals surface area contributed by atoms with Gasteiger partial charge in [-0.25, -0.2) is 9.78 Å². The Morgan fingerprint density at radius 3 is 2.71 bits per heavy atom. The molecule has 0 amide bonds. The first-order valence-electron chi connectivity index (χ1n) is 4.28. The summed E-state index contributed by atoms with van der Waals surface area (Å²) in [6.45, 7) is 5.17. The SMILES string of the molecule is Cc1nc(COC(C)C(=O)O)oc1C. The average molecular weight is 199 g/mol. The normalized spacial score (nSPS) is 12.8. The third-order valence-electron chi connectivity index (χ3n) is 1.88. The Bertz CT molecular complexity index is 312. The molecule has 0 bridgehead atoms. The number of rotatable bonds is 4. The Kier molecular flexibility index (Phi) is 3.24. The van der Waals surface area contributed by atoms with Crippen LogP contribution >= 0.6 is 0 Å². The van der Waals surface area contributed by atoms with Crippen molar-refractivity contribution in [1.82, 2.24) is 4.98 Å². The van der Waals surface area contributed by atoms with Gasteiger partial charge in [-0.15, -0.1) is 0 Å². The standard InChI is InChI=1S/C9H13NO4/c1-5-6(2)14-8(10-5)4-13-7(3)9(11)12/h7H,4H2,1-3H3,(H,11,12). The molecule has 0 aromatic carbocycles. The predicted octanol–water partition coefficient (Wildman–Crippen LogP) is 1.28. The zero-order valence-corrected chi connectivity index (χ0v) is 8.40. The van der Waals surface area contributed by atoms with Gasteiger partial charge in [-0.3, -0.25) is 0 Å². The van der Waals surface area contributed by atoms with Gasteiger partial charge in [-0.05, 0) is 20.8 Å². The largest absolute Gasteiger partial charge is 0.479 e. The van der Waals surface area contributed by atoms with Crippen molar-refractivity contribution in [3.63, 3.8) is 0 Å². The number of aromatic nitrogens is 1. The molecule has 5 nitrogen and oxygen atoms in total. The molecule has 0 saturated carbocycles. The molecule has 0 radical (unpaired) electrons. The molecule has 0 fully saturated rings. The molecule has 0 aliphatic heterocycles. The molecule has 1 aromatic rings. The van der Waals surface area contributed by atoms with E-state index in [1.165, 1.54) is 6.92 Å². The first-order chi connectivity index (χ1) is 6.50. The van der Waals surface area contributed by atoms with Crippen molar-refractivity contribution >= 4 is 5.97 Å². The fraction of sp³-hybridized carbons (Fsp3) is 0.556. The number of hydrogen-bond donors (Lipinski definition) is 1. The molecule has 0 saturated heterocycles. The zero-order chi connectivity index (χ0) is 10.7. The molecule has 1 aromatic heterocycles. The minimum absolute atomic E-state index is 0.0855. The molecule has 1 unspecified atom stereocenters. The lowest BCUT2D eigenvalue weighted by Gasteiger charge is -2.04. The van der Waals surface area contributed by atoms with Crippen LogP contribution in [0.1, 0.15) is 24.3 Å². The molecule has 1 N–H and O–H groups in total. The summed E-state index contributed by atoms with van der Waals surface area (Å²) in [5.74, 6) is 0.143. The average Bonchev–Trinajstić information content (AvgIpc) is 2.42. The molecule has 0 aliphatic carbocycles. The summed E-state index contributed by atoms with van der Waals surface area (Å²) in [7, 11) is 0. The van der Waals surface area contributed by atoms with E-state index >= 15 is 0 Å². The van der Waals surface area contributed by atoms with Crippen LogP contribution in [0.3, 0.4) is 0 Å². The second-order valence-corrected chi connectivity index (χ2v) is 3.04. The fourth-order valence-corrected chi connectivity index (χ4v) is 0.868. The van der Waals surface area contributed by atoms with Crippen molar-refractivity contribution in [2.75, 3.05) is 0 Å². The summed E-state index contributed by atoms with van der Waals surface area (Å²) in [6.07, 6.45) is -0.845. The molecule has 14 heavy (non-hydrogen) atoms. The van der Waals surface area contributed by atoms with Crippen LogP contribution in [0, 0.1) is 13.8 Å². The molecule has 0 aliphatic rings. The van der Waals surface area contributed by atoms with Crippen LogP contribution in [-0.2, 0) is 16.1 Å². The van der Waals surface area contributed by atoms with Gasteiger partial charge < -0.3 is 14.3 Å². The van der Waals surface area contributed by atoms with E-state index < -0.39 is 12.1 Å². The van der Waals surface area contributed by atoms with E-state index in [0.29, 0.717) is 5.89 Å². The second kappa shape index (κ2) is 4.23. The summed E-state index contributed by atoms with van der Waals surface area (Å²) in [5.41, 5.74) is 0.798. The van der Waals surface area contributed by atoms with Crippen LogP contribution in [0.4, 0.5) is 0 Å². The summed E-state index contributed by atoms with van der Waals surface area (Å²) in [4.78, 5) is 14.5. The maximum atomic E-state index is 10.4. The molecule has 0 spiro atoms. The van der Waals surface area contributed by atoms with Crippen molar-refractivity contribution < 1.29 is 19.1 Å². The molecule has 1 heterocycles. The third kappa shape index (κ3) is 2.56. The maximum absolute atomic E-state index is 10.4. The van der Waals surface area contributed by atoms with Crippen LogP contribution in [0.25, 0.3) is 0 Å². The van der Waals surface area contributed by atoms with E-state index in [4.69, 9.17) is 14.3 Å². The van der Waals surface area contributed by atoms with Gasteiger partial charge in [-0.1, -0.05) is 0 Å². The number of carboxylic acid groups (broad SMARTS) is 1. The van der Waals surface area contributed by atoms with E-state index in [1.54, 1.807) is 6.92 Å². The van der Waals surface area contributed by atoms with Crippen molar-refractivity contribution in [2.24, 2.45) is 0 Å². The summed E-state index contributed by atoms with van der Waals surface area (Å²) in [5, 5.41) is 8.54. The number of hydrogen-bond acceptors (Lipinski definition) is 4. The number of ether oxygens (including phenoxy) is 1. The van der Waals surface area contributed by atoms with Crippen molar-refractivity contribution in [3.05, 3.63) is 17.3 Å². The van der Waals surface area contributed by atoms with Gasteiger partial charge in [0.05, 0.1) is 5.69 Å². The van der Waals surface area contributed by atoms with E-state index in [1.807, 2.05) is 6.92 Å². The zero-order valence-electron chi connectivity index (χ0n) is 8.40. The van der Waals surface area contributed by atoms with E-state index in [-0.39, 0.29) is 6.61 Å². The Morgan fingerprint density at radius 2 is 2.29 bits per heavy atom. The first-order valence-corrected chi connectivity index (χ1v) is 4.28. The molecular weight excluding hydrogens is 186 g/mol. The van der Waals surface area contributed by atoms with Gasteiger partial charge in [0.15, 0.2) is 6.10 Å². The van der Waals surface area contributed by atoms with Crippen LogP contribution in [-0.4, -0.2) is 22.2 Å². The Balaban J connectivity index is 2.50. The number of carbonyl (C=O) groups is 1. The highest BCUT2D eigenvalue weighted by Crippen LogP contribution is 2.09. The molecular formula is C9H13NO4. The number of nitrogens with zero attached hydrogens (tertiary/aromatic N) is 1. The Morgan fingerprint density at radius 1 is 1.64 bits per heavy atom. The van der Waals surface area contributed by atoms with Gasteiger partial charge in [0.2, 0.25) is 5.89 Å². The molecule has 78 valence electrons. The van der Waals surface area contributed by atoms with Gasteiger partial charge in [0, 0.05) is 0 Å². The lowest BCUT2D eigenvalue weighted by atomic mass is 10.4. The van der Waals surface area contributed by atoms with Crippen LogP contribution < -0.4 is 0 Å². The number of oxazole rings is 1. The van der Waals surface area contributed by atoms with Crippen LogP contribution in [0.15, 0.2) is 4.42 Å². The highest BCUT2D eigenvalue weighted by molar-refractivity contribution is 5.71.